The number of nitrogen functional groups attached to an aromatic ring is 1. The summed E-state index contributed by atoms with van der Waals surface area (Å²) in [5, 5.41) is 9.12. The van der Waals surface area contributed by atoms with E-state index in [9.17, 15) is 8.42 Å². The number of hydrogen-bond acceptors (Lipinski definition) is 4. The largest absolute Gasteiger partial charge is 0.399 e. The lowest BCUT2D eigenvalue weighted by Crippen LogP contribution is -2.15. The Balaban J connectivity index is 2.48. The molecule has 0 saturated heterocycles. The van der Waals surface area contributed by atoms with E-state index in [2.05, 4.69) is 4.72 Å². The summed E-state index contributed by atoms with van der Waals surface area (Å²) in [5.74, 6) is 0. The molecule has 21 heavy (non-hydrogen) atoms. The fourth-order valence-corrected chi connectivity index (χ4v) is 3.34. The summed E-state index contributed by atoms with van der Waals surface area (Å²) in [4.78, 5) is 0.0278. The smallest absolute Gasteiger partial charge is 0.262 e. The summed E-state index contributed by atoms with van der Waals surface area (Å²) in [6.07, 6.45) is 0. The predicted molar refractivity (Wildman–Crippen MR) is 82.6 cm³/mol. The number of aryl methyl sites for hydroxylation is 1. The second-order valence-electron chi connectivity index (χ2n) is 4.44. The number of sulfonamides is 1. The van der Waals surface area contributed by atoms with Crippen LogP contribution in [0.25, 0.3) is 0 Å². The zero-order valence-corrected chi connectivity index (χ0v) is 12.7. The number of anilines is 2. The molecule has 7 heteroatoms. The third kappa shape index (κ3) is 3.27. The number of nitrogens with zero attached hydrogens (tertiary/aromatic N) is 1. The first kappa shape index (κ1) is 15.2. The lowest BCUT2D eigenvalue weighted by molar-refractivity contribution is 0.600. The SMILES string of the molecule is Cc1ccc(C#N)cc1S(=O)(=O)Nc1cc(N)ccc1Cl. The third-order valence-corrected chi connectivity index (χ3v) is 4.68. The molecule has 0 amide bonds. The molecule has 0 aliphatic heterocycles. The van der Waals surface area contributed by atoms with Gasteiger partial charge in [0.25, 0.3) is 10.0 Å². The Hall–Kier alpha value is -2.23. The summed E-state index contributed by atoms with van der Waals surface area (Å²) in [7, 11) is -3.86. The first-order valence-corrected chi connectivity index (χ1v) is 7.78. The van der Waals surface area contributed by atoms with Crippen molar-refractivity contribution in [2.45, 2.75) is 11.8 Å². The molecule has 0 bridgehead atoms. The van der Waals surface area contributed by atoms with Crippen molar-refractivity contribution >= 4 is 33.0 Å². The Morgan fingerprint density at radius 2 is 1.95 bits per heavy atom. The van der Waals surface area contributed by atoms with Crippen LogP contribution in [0.2, 0.25) is 5.02 Å². The molecular weight excluding hydrogens is 310 g/mol. The molecule has 0 heterocycles. The average Bonchev–Trinajstić information content (AvgIpc) is 2.43. The molecule has 0 spiro atoms. The topological polar surface area (TPSA) is 96.0 Å². The number of nitrogens with two attached hydrogens (primary N) is 1. The monoisotopic (exact) mass is 321 g/mol. The Morgan fingerprint density at radius 3 is 2.62 bits per heavy atom. The standard InChI is InChI=1S/C14H12ClN3O2S/c1-9-2-3-10(8-16)6-14(9)21(19,20)18-13-7-11(17)4-5-12(13)15/h2-7,18H,17H2,1H3. The van der Waals surface area contributed by atoms with E-state index in [-0.39, 0.29) is 21.2 Å². The van der Waals surface area contributed by atoms with Crippen molar-refractivity contribution in [3.63, 3.8) is 0 Å². The second-order valence-corrected chi connectivity index (χ2v) is 6.49. The molecule has 0 saturated carbocycles. The molecule has 0 aromatic heterocycles. The Morgan fingerprint density at radius 1 is 1.24 bits per heavy atom. The minimum atomic E-state index is -3.86. The van der Waals surface area contributed by atoms with Crippen molar-refractivity contribution in [2.75, 3.05) is 10.5 Å². The van der Waals surface area contributed by atoms with E-state index >= 15 is 0 Å². The fraction of sp³-hybridized carbons (Fsp3) is 0.0714. The summed E-state index contributed by atoms with van der Waals surface area (Å²) in [5.41, 5.74) is 7.00. The van der Waals surface area contributed by atoms with Crippen molar-refractivity contribution in [1.29, 1.82) is 5.26 Å². The van der Waals surface area contributed by atoms with Crippen LogP contribution < -0.4 is 10.5 Å². The number of rotatable bonds is 3. The highest BCUT2D eigenvalue weighted by Gasteiger charge is 2.19. The van der Waals surface area contributed by atoms with Gasteiger partial charge in [0.15, 0.2) is 0 Å². The molecular formula is C14H12ClN3O2S. The zero-order valence-electron chi connectivity index (χ0n) is 11.1. The van der Waals surface area contributed by atoms with Crippen molar-refractivity contribution in [2.24, 2.45) is 0 Å². The van der Waals surface area contributed by atoms with Crippen LogP contribution >= 0.6 is 11.6 Å². The maximum absolute atomic E-state index is 12.4. The highest BCUT2D eigenvalue weighted by Crippen LogP contribution is 2.27. The van der Waals surface area contributed by atoms with E-state index in [0.717, 1.165) is 0 Å². The minimum Gasteiger partial charge on any atom is -0.399 e. The van der Waals surface area contributed by atoms with Crippen LogP contribution in [-0.2, 0) is 10.0 Å². The molecule has 0 fully saturated rings. The molecule has 2 aromatic rings. The molecule has 108 valence electrons. The van der Waals surface area contributed by atoms with Gasteiger partial charge in [-0.2, -0.15) is 5.26 Å². The molecule has 2 rings (SSSR count). The summed E-state index contributed by atoms with van der Waals surface area (Å²) in [6.45, 7) is 1.65. The van der Waals surface area contributed by atoms with Gasteiger partial charge in [0.05, 0.1) is 27.2 Å². The molecule has 0 aliphatic carbocycles. The van der Waals surface area contributed by atoms with Gasteiger partial charge in [0.1, 0.15) is 0 Å². The zero-order chi connectivity index (χ0) is 15.6. The first-order chi connectivity index (χ1) is 9.83. The van der Waals surface area contributed by atoms with Crippen molar-refractivity contribution < 1.29 is 8.42 Å². The Labute approximate surface area is 128 Å². The number of nitriles is 1. The summed E-state index contributed by atoms with van der Waals surface area (Å²) in [6, 6.07) is 10.9. The van der Waals surface area contributed by atoms with E-state index in [1.54, 1.807) is 25.1 Å². The van der Waals surface area contributed by atoms with E-state index in [1.807, 2.05) is 6.07 Å². The normalized spacial score (nSPS) is 10.9. The van der Waals surface area contributed by atoms with Crippen molar-refractivity contribution in [1.82, 2.24) is 0 Å². The van der Waals surface area contributed by atoms with Gasteiger partial charge in [-0.15, -0.1) is 0 Å². The minimum absolute atomic E-state index is 0.0278. The van der Waals surface area contributed by atoms with Crippen LogP contribution in [0.5, 0.6) is 0 Å². The van der Waals surface area contributed by atoms with Crippen LogP contribution in [0.15, 0.2) is 41.3 Å². The number of benzene rings is 2. The van der Waals surface area contributed by atoms with Crippen LogP contribution in [-0.4, -0.2) is 8.42 Å². The van der Waals surface area contributed by atoms with Gasteiger partial charge in [-0.05, 0) is 42.8 Å². The lowest BCUT2D eigenvalue weighted by Gasteiger charge is -2.12. The highest BCUT2D eigenvalue weighted by molar-refractivity contribution is 7.92. The third-order valence-electron chi connectivity index (χ3n) is 2.84. The molecule has 2 aromatic carbocycles. The van der Waals surface area contributed by atoms with Crippen LogP contribution in [0.4, 0.5) is 11.4 Å². The highest BCUT2D eigenvalue weighted by atomic mass is 35.5. The maximum atomic E-state index is 12.4. The molecule has 3 N–H and O–H groups in total. The average molecular weight is 322 g/mol. The molecule has 5 nitrogen and oxygen atoms in total. The Kier molecular flexibility index (Phi) is 4.07. The van der Waals surface area contributed by atoms with E-state index in [0.29, 0.717) is 11.3 Å². The van der Waals surface area contributed by atoms with Crippen LogP contribution in [0, 0.1) is 18.3 Å². The Bertz CT molecular complexity index is 842. The molecule has 0 atom stereocenters. The molecule has 0 radical (unpaired) electrons. The number of halogens is 1. The van der Waals surface area contributed by atoms with Gasteiger partial charge in [-0.3, -0.25) is 4.72 Å². The summed E-state index contributed by atoms with van der Waals surface area (Å²) >= 11 is 5.95. The van der Waals surface area contributed by atoms with Crippen molar-refractivity contribution in [3.05, 3.63) is 52.5 Å². The quantitative estimate of drug-likeness (QED) is 0.849. The van der Waals surface area contributed by atoms with Gasteiger partial charge in [-0.1, -0.05) is 17.7 Å². The van der Waals surface area contributed by atoms with Gasteiger partial charge >= 0.3 is 0 Å². The molecule has 0 unspecified atom stereocenters. The lowest BCUT2D eigenvalue weighted by atomic mass is 10.2. The van der Waals surface area contributed by atoms with Gasteiger partial charge in [0, 0.05) is 5.69 Å². The molecule has 0 aliphatic rings. The summed E-state index contributed by atoms with van der Waals surface area (Å²) < 4.78 is 27.3. The fourth-order valence-electron chi connectivity index (χ4n) is 1.78. The van der Waals surface area contributed by atoms with Crippen LogP contribution in [0.1, 0.15) is 11.1 Å². The van der Waals surface area contributed by atoms with E-state index < -0.39 is 10.0 Å². The van der Waals surface area contributed by atoms with E-state index in [1.165, 1.54) is 18.2 Å². The number of hydrogen-bond donors (Lipinski definition) is 2. The number of nitrogens with one attached hydrogen (secondary N) is 1. The van der Waals surface area contributed by atoms with E-state index in [4.69, 9.17) is 22.6 Å². The van der Waals surface area contributed by atoms with Crippen LogP contribution in [0.3, 0.4) is 0 Å². The van der Waals surface area contributed by atoms with Crippen molar-refractivity contribution in [3.8, 4) is 6.07 Å². The first-order valence-electron chi connectivity index (χ1n) is 5.92. The van der Waals surface area contributed by atoms with Gasteiger partial charge in [-0.25, -0.2) is 8.42 Å². The second kappa shape index (κ2) is 5.64. The maximum Gasteiger partial charge on any atom is 0.262 e. The predicted octanol–water partition coefficient (Wildman–Crippen LogP) is 2.90. The van der Waals surface area contributed by atoms with Gasteiger partial charge < -0.3 is 5.73 Å². The van der Waals surface area contributed by atoms with Gasteiger partial charge in [0.2, 0.25) is 0 Å².